The standard InChI is InChI=1S/C32H34N2O5/c1-3-5-7-18-36-24-13-11-22(12-14-24)32(35)38-26-15-16-27-29(20-26)39-31(34)28(21-33)30(27)23-9-8-10-25(19-23)37-17-6-4-2/h8-16,19-20,30H,3-7,17-18,34H2,1-2H3. The van der Waals surface area contributed by atoms with Gasteiger partial charge in [0, 0.05) is 11.6 Å². The van der Waals surface area contributed by atoms with Crippen LogP contribution in [0.25, 0.3) is 0 Å². The molecule has 1 unspecified atom stereocenters. The van der Waals surface area contributed by atoms with Gasteiger partial charge in [-0.1, -0.05) is 51.3 Å². The molecule has 0 fully saturated rings. The maximum absolute atomic E-state index is 12.8. The molecular formula is C32H34N2O5. The highest BCUT2D eigenvalue weighted by molar-refractivity contribution is 5.91. The van der Waals surface area contributed by atoms with E-state index in [0.717, 1.165) is 49.0 Å². The van der Waals surface area contributed by atoms with Crippen LogP contribution in [-0.2, 0) is 0 Å². The lowest BCUT2D eigenvalue weighted by molar-refractivity contribution is 0.0734. The van der Waals surface area contributed by atoms with Gasteiger partial charge >= 0.3 is 5.97 Å². The molecule has 1 aliphatic heterocycles. The number of allylic oxidation sites excluding steroid dienone is 1. The zero-order chi connectivity index (χ0) is 27.6. The molecule has 0 spiro atoms. The van der Waals surface area contributed by atoms with Gasteiger partial charge in [0.25, 0.3) is 0 Å². The molecule has 202 valence electrons. The molecule has 0 aromatic heterocycles. The van der Waals surface area contributed by atoms with Crippen molar-refractivity contribution in [2.24, 2.45) is 5.73 Å². The molecule has 0 saturated heterocycles. The van der Waals surface area contributed by atoms with Crippen molar-refractivity contribution in [1.29, 1.82) is 5.26 Å². The number of unbranched alkanes of at least 4 members (excludes halogenated alkanes) is 3. The van der Waals surface area contributed by atoms with Crippen LogP contribution < -0.4 is 24.7 Å². The van der Waals surface area contributed by atoms with Gasteiger partial charge in [-0.15, -0.1) is 0 Å². The Labute approximate surface area is 229 Å². The van der Waals surface area contributed by atoms with E-state index in [1.54, 1.807) is 42.5 Å². The van der Waals surface area contributed by atoms with E-state index in [0.29, 0.717) is 41.6 Å². The summed E-state index contributed by atoms with van der Waals surface area (Å²) >= 11 is 0. The number of fused-ring (bicyclic) bond motifs is 1. The van der Waals surface area contributed by atoms with Crippen molar-refractivity contribution in [3.8, 4) is 29.1 Å². The fourth-order valence-electron chi connectivity index (χ4n) is 4.36. The van der Waals surface area contributed by atoms with E-state index in [2.05, 4.69) is 19.9 Å². The summed E-state index contributed by atoms with van der Waals surface area (Å²) < 4.78 is 23.0. The van der Waals surface area contributed by atoms with Crippen LogP contribution in [0, 0.1) is 11.3 Å². The van der Waals surface area contributed by atoms with E-state index in [4.69, 9.17) is 24.7 Å². The molecule has 4 rings (SSSR count). The third kappa shape index (κ3) is 6.91. The first-order valence-corrected chi connectivity index (χ1v) is 13.4. The molecule has 0 amide bonds. The second-order valence-corrected chi connectivity index (χ2v) is 9.37. The SMILES string of the molecule is CCCCCOc1ccc(C(=O)Oc2ccc3c(c2)OC(N)=C(C#N)C3c2cccc(OCCCC)c2)cc1. The van der Waals surface area contributed by atoms with Crippen LogP contribution in [0.1, 0.15) is 73.4 Å². The number of hydrogen-bond acceptors (Lipinski definition) is 7. The molecule has 0 radical (unpaired) electrons. The Morgan fingerprint density at radius 3 is 2.36 bits per heavy atom. The maximum Gasteiger partial charge on any atom is 0.343 e. The third-order valence-electron chi connectivity index (χ3n) is 6.47. The lowest BCUT2D eigenvalue weighted by atomic mass is 9.83. The van der Waals surface area contributed by atoms with Crippen LogP contribution in [0.3, 0.4) is 0 Å². The van der Waals surface area contributed by atoms with E-state index >= 15 is 0 Å². The average Bonchev–Trinajstić information content (AvgIpc) is 2.95. The van der Waals surface area contributed by atoms with Crippen LogP contribution in [0.2, 0.25) is 0 Å². The van der Waals surface area contributed by atoms with E-state index in [1.165, 1.54) is 0 Å². The molecule has 0 bridgehead atoms. The maximum atomic E-state index is 12.8. The number of esters is 1. The zero-order valence-corrected chi connectivity index (χ0v) is 22.4. The summed E-state index contributed by atoms with van der Waals surface area (Å²) in [5.41, 5.74) is 8.48. The molecular weight excluding hydrogens is 492 g/mol. The molecule has 3 aromatic rings. The van der Waals surface area contributed by atoms with Gasteiger partial charge in [0.15, 0.2) is 0 Å². The van der Waals surface area contributed by atoms with Crippen molar-refractivity contribution in [3.63, 3.8) is 0 Å². The van der Waals surface area contributed by atoms with Crippen molar-refractivity contribution in [2.45, 2.75) is 51.9 Å². The summed E-state index contributed by atoms with van der Waals surface area (Å²) in [6.07, 6.45) is 5.24. The average molecular weight is 527 g/mol. The molecule has 2 N–H and O–H groups in total. The fraction of sp³-hybridized carbons (Fsp3) is 0.312. The Balaban J connectivity index is 1.51. The van der Waals surface area contributed by atoms with E-state index < -0.39 is 11.9 Å². The van der Waals surface area contributed by atoms with Crippen LogP contribution in [0.4, 0.5) is 0 Å². The molecule has 7 nitrogen and oxygen atoms in total. The number of nitriles is 1. The van der Waals surface area contributed by atoms with Crippen molar-refractivity contribution in [2.75, 3.05) is 13.2 Å². The second-order valence-electron chi connectivity index (χ2n) is 9.37. The summed E-state index contributed by atoms with van der Waals surface area (Å²) in [6, 6.07) is 21.8. The minimum Gasteiger partial charge on any atom is -0.494 e. The Morgan fingerprint density at radius 1 is 0.897 bits per heavy atom. The summed E-state index contributed by atoms with van der Waals surface area (Å²) in [7, 11) is 0. The minimum absolute atomic E-state index is 0.0188. The van der Waals surface area contributed by atoms with Crippen molar-refractivity contribution < 1.29 is 23.7 Å². The Morgan fingerprint density at radius 2 is 1.62 bits per heavy atom. The van der Waals surface area contributed by atoms with Crippen LogP contribution >= 0.6 is 0 Å². The summed E-state index contributed by atoms with van der Waals surface area (Å²) in [4.78, 5) is 12.8. The van der Waals surface area contributed by atoms with Gasteiger partial charge in [-0.2, -0.15) is 5.26 Å². The normalized spacial score (nSPS) is 14.1. The smallest absolute Gasteiger partial charge is 0.343 e. The van der Waals surface area contributed by atoms with Gasteiger partial charge in [-0.25, -0.2) is 4.79 Å². The van der Waals surface area contributed by atoms with E-state index in [9.17, 15) is 10.1 Å². The number of hydrogen-bond donors (Lipinski definition) is 1. The topological polar surface area (TPSA) is 104 Å². The molecule has 3 aromatic carbocycles. The number of rotatable bonds is 12. The molecule has 1 atom stereocenters. The summed E-state index contributed by atoms with van der Waals surface area (Å²) in [5, 5.41) is 9.87. The number of ether oxygens (including phenoxy) is 4. The number of carbonyl (C=O) groups is 1. The third-order valence-corrected chi connectivity index (χ3v) is 6.47. The van der Waals surface area contributed by atoms with Crippen LogP contribution in [0.5, 0.6) is 23.0 Å². The summed E-state index contributed by atoms with van der Waals surface area (Å²) in [6.45, 7) is 5.52. The molecule has 39 heavy (non-hydrogen) atoms. The van der Waals surface area contributed by atoms with E-state index in [1.807, 2.05) is 24.3 Å². The van der Waals surface area contributed by atoms with Gasteiger partial charge in [-0.05, 0) is 60.9 Å². The van der Waals surface area contributed by atoms with Gasteiger partial charge in [0.1, 0.15) is 34.6 Å². The highest BCUT2D eigenvalue weighted by Gasteiger charge is 2.31. The largest absolute Gasteiger partial charge is 0.494 e. The monoisotopic (exact) mass is 526 g/mol. The van der Waals surface area contributed by atoms with E-state index in [-0.39, 0.29) is 5.88 Å². The lowest BCUT2D eigenvalue weighted by Gasteiger charge is -2.27. The number of nitrogens with zero attached hydrogens (tertiary/aromatic N) is 1. The molecule has 1 aliphatic rings. The van der Waals surface area contributed by atoms with Gasteiger partial charge < -0.3 is 24.7 Å². The number of nitrogens with two attached hydrogens (primary N) is 1. The molecule has 0 aliphatic carbocycles. The Kier molecular flexibility index (Phi) is 9.47. The second kappa shape index (κ2) is 13.4. The first-order chi connectivity index (χ1) is 19.0. The van der Waals surface area contributed by atoms with Crippen LogP contribution in [0.15, 0.2) is 78.2 Å². The lowest BCUT2D eigenvalue weighted by Crippen LogP contribution is -2.21. The minimum atomic E-state index is -0.502. The fourth-order valence-corrected chi connectivity index (χ4v) is 4.36. The zero-order valence-electron chi connectivity index (χ0n) is 22.4. The Hall–Kier alpha value is -4.44. The molecule has 0 saturated carbocycles. The predicted octanol–water partition coefficient (Wildman–Crippen LogP) is 6.87. The van der Waals surface area contributed by atoms with Gasteiger partial charge in [0.05, 0.1) is 24.7 Å². The quantitative estimate of drug-likeness (QED) is 0.156. The first-order valence-electron chi connectivity index (χ1n) is 13.4. The molecule has 1 heterocycles. The highest BCUT2D eigenvalue weighted by Crippen LogP contribution is 2.44. The molecule has 7 heteroatoms. The Bertz CT molecular complexity index is 1360. The van der Waals surface area contributed by atoms with Crippen LogP contribution in [-0.4, -0.2) is 19.2 Å². The number of carbonyl (C=O) groups excluding carboxylic acids is 1. The van der Waals surface area contributed by atoms with Crippen molar-refractivity contribution in [3.05, 3.63) is 94.9 Å². The first kappa shape index (κ1) is 27.6. The van der Waals surface area contributed by atoms with Crippen molar-refractivity contribution in [1.82, 2.24) is 0 Å². The highest BCUT2D eigenvalue weighted by atomic mass is 16.5. The van der Waals surface area contributed by atoms with Gasteiger partial charge in [0.2, 0.25) is 5.88 Å². The number of benzene rings is 3. The summed E-state index contributed by atoms with van der Waals surface area (Å²) in [5.74, 6) is 1.25. The predicted molar refractivity (Wildman–Crippen MR) is 149 cm³/mol. The van der Waals surface area contributed by atoms with Gasteiger partial charge in [-0.3, -0.25) is 0 Å². The van der Waals surface area contributed by atoms with Crippen molar-refractivity contribution >= 4 is 5.97 Å².